The van der Waals surface area contributed by atoms with Crippen molar-refractivity contribution in [2.75, 3.05) is 18.4 Å². The SMILES string of the molecule is C[C@H](CN1CCCC1=O)NC(=O)Nc1ccc(C(=O)NCc2ccccn2)c(Cl)c1. The Balaban J connectivity index is 1.50. The van der Waals surface area contributed by atoms with Gasteiger partial charge < -0.3 is 20.9 Å². The van der Waals surface area contributed by atoms with Crippen molar-refractivity contribution in [3.8, 4) is 0 Å². The monoisotopic (exact) mass is 429 g/mol. The van der Waals surface area contributed by atoms with Crippen molar-refractivity contribution in [3.63, 3.8) is 0 Å². The van der Waals surface area contributed by atoms with Crippen LogP contribution in [0.4, 0.5) is 10.5 Å². The molecule has 1 aliphatic heterocycles. The first-order valence-electron chi connectivity index (χ1n) is 9.75. The largest absolute Gasteiger partial charge is 0.346 e. The molecular formula is C21H24ClN5O3. The topological polar surface area (TPSA) is 103 Å². The van der Waals surface area contributed by atoms with Gasteiger partial charge in [-0.05, 0) is 43.7 Å². The summed E-state index contributed by atoms with van der Waals surface area (Å²) < 4.78 is 0. The summed E-state index contributed by atoms with van der Waals surface area (Å²) in [4.78, 5) is 42.2. The van der Waals surface area contributed by atoms with E-state index in [0.29, 0.717) is 24.2 Å². The fraction of sp³-hybridized carbons (Fsp3) is 0.333. The van der Waals surface area contributed by atoms with Crippen LogP contribution >= 0.6 is 11.6 Å². The Bertz CT molecular complexity index is 922. The average molecular weight is 430 g/mol. The lowest BCUT2D eigenvalue weighted by Gasteiger charge is -2.21. The van der Waals surface area contributed by atoms with E-state index in [1.165, 1.54) is 6.07 Å². The number of pyridine rings is 1. The van der Waals surface area contributed by atoms with Gasteiger partial charge in [0.05, 0.1) is 22.8 Å². The van der Waals surface area contributed by atoms with Crippen LogP contribution in [-0.4, -0.2) is 46.9 Å². The summed E-state index contributed by atoms with van der Waals surface area (Å²) in [6.07, 6.45) is 3.08. The van der Waals surface area contributed by atoms with Crippen LogP contribution in [0.1, 0.15) is 35.8 Å². The summed E-state index contributed by atoms with van der Waals surface area (Å²) >= 11 is 6.23. The molecule has 8 nitrogen and oxygen atoms in total. The maximum absolute atomic E-state index is 12.4. The molecule has 30 heavy (non-hydrogen) atoms. The highest BCUT2D eigenvalue weighted by Crippen LogP contribution is 2.21. The molecule has 158 valence electrons. The van der Waals surface area contributed by atoms with Crippen molar-refractivity contribution in [3.05, 3.63) is 58.9 Å². The van der Waals surface area contributed by atoms with E-state index in [-0.39, 0.29) is 29.4 Å². The fourth-order valence-electron chi connectivity index (χ4n) is 3.21. The number of halogens is 1. The van der Waals surface area contributed by atoms with Crippen LogP contribution in [0.15, 0.2) is 42.6 Å². The smallest absolute Gasteiger partial charge is 0.319 e. The molecule has 1 saturated heterocycles. The van der Waals surface area contributed by atoms with Gasteiger partial charge in [0.2, 0.25) is 5.91 Å². The number of hydrogen-bond acceptors (Lipinski definition) is 4. The van der Waals surface area contributed by atoms with E-state index in [4.69, 9.17) is 11.6 Å². The Labute approximate surface area is 180 Å². The van der Waals surface area contributed by atoms with E-state index in [9.17, 15) is 14.4 Å². The molecule has 0 bridgehead atoms. The Morgan fingerprint density at radius 2 is 2.10 bits per heavy atom. The van der Waals surface area contributed by atoms with Gasteiger partial charge in [-0.3, -0.25) is 14.6 Å². The van der Waals surface area contributed by atoms with Crippen LogP contribution in [0.5, 0.6) is 0 Å². The van der Waals surface area contributed by atoms with E-state index >= 15 is 0 Å². The third-order valence-electron chi connectivity index (χ3n) is 4.67. The van der Waals surface area contributed by atoms with E-state index < -0.39 is 6.03 Å². The molecule has 0 radical (unpaired) electrons. The van der Waals surface area contributed by atoms with Crippen molar-refractivity contribution in [1.29, 1.82) is 0 Å². The molecular weight excluding hydrogens is 406 g/mol. The van der Waals surface area contributed by atoms with Gasteiger partial charge >= 0.3 is 6.03 Å². The van der Waals surface area contributed by atoms with Crippen molar-refractivity contribution in [2.45, 2.75) is 32.4 Å². The van der Waals surface area contributed by atoms with Gasteiger partial charge in [-0.2, -0.15) is 0 Å². The molecule has 2 heterocycles. The second-order valence-corrected chi connectivity index (χ2v) is 7.55. The number of carbonyl (C=O) groups excluding carboxylic acids is 3. The Morgan fingerprint density at radius 1 is 1.27 bits per heavy atom. The van der Waals surface area contributed by atoms with Gasteiger partial charge in [-0.1, -0.05) is 17.7 Å². The zero-order chi connectivity index (χ0) is 21.5. The number of nitrogens with one attached hydrogen (secondary N) is 3. The van der Waals surface area contributed by atoms with Crippen molar-refractivity contribution in [2.24, 2.45) is 0 Å². The molecule has 3 rings (SSSR count). The van der Waals surface area contributed by atoms with E-state index in [2.05, 4.69) is 20.9 Å². The standard InChI is InChI=1S/C21H24ClN5O3/c1-14(13-27-10-4-6-19(27)28)25-21(30)26-15-7-8-17(18(22)11-15)20(29)24-12-16-5-2-3-9-23-16/h2-3,5,7-9,11,14H,4,6,10,12-13H2,1H3,(H,24,29)(H2,25,26,30)/t14-/m1/s1. The van der Waals surface area contributed by atoms with E-state index in [1.807, 2.05) is 19.1 Å². The molecule has 3 N–H and O–H groups in total. The number of likely N-dealkylation sites (tertiary alicyclic amines) is 1. The highest BCUT2D eigenvalue weighted by atomic mass is 35.5. The molecule has 1 aromatic heterocycles. The van der Waals surface area contributed by atoms with Gasteiger partial charge in [0.25, 0.3) is 5.91 Å². The zero-order valence-electron chi connectivity index (χ0n) is 16.7. The number of nitrogens with zero attached hydrogens (tertiary/aromatic N) is 2. The number of rotatable bonds is 7. The number of benzene rings is 1. The number of urea groups is 1. The van der Waals surface area contributed by atoms with E-state index in [0.717, 1.165) is 18.7 Å². The summed E-state index contributed by atoms with van der Waals surface area (Å²) in [5.74, 6) is -0.210. The second kappa shape index (κ2) is 10.1. The van der Waals surface area contributed by atoms with Crippen molar-refractivity contribution < 1.29 is 14.4 Å². The Hall–Kier alpha value is -3.13. The first-order chi connectivity index (χ1) is 14.4. The minimum Gasteiger partial charge on any atom is -0.346 e. The summed E-state index contributed by atoms with van der Waals surface area (Å²) in [5.41, 5.74) is 1.50. The Morgan fingerprint density at radius 3 is 2.77 bits per heavy atom. The van der Waals surface area contributed by atoms with Gasteiger partial charge in [-0.15, -0.1) is 0 Å². The normalized spacial score (nSPS) is 14.3. The maximum Gasteiger partial charge on any atom is 0.319 e. The maximum atomic E-state index is 12.4. The third kappa shape index (κ3) is 5.93. The number of anilines is 1. The van der Waals surface area contributed by atoms with Crippen molar-refractivity contribution in [1.82, 2.24) is 20.5 Å². The second-order valence-electron chi connectivity index (χ2n) is 7.14. The number of carbonyl (C=O) groups is 3. The average Bonchev–Trinajstić information content (AvgIpc) is 3.11. The van der Waals surface area contributed by atoms with Crippen LogP contribution in [-0.2, 0) is 11.3 Å². The highest BCUT2D eigenvalue weighted by molar-refractivity contribution is 6.34. The minimum atomic E-state index is -0.405. The molecule has 0 saturated carbocycles. The Kier molecular flexibility index (Phi) is 7.24. The van der Waals surface area contributed by atoms with Crippen molar-refractivity contribution >= 4 is 35.1 Å². The lowest BCUT2D eigenvalue weighted by atomic mass is 10.2. The van der Waals surface area contributed by atoms with Crippen LogP contribution in [0.2, 0.25) is 5.02 Å². The molecule has 0 aliphatic carbocycles. The first kappa shape index (κ1) is 21.6. The molecule has 4 amide bonds. The van der Waals surface area contributed by atoms with Crippen LogP contribution in [0, 0.1) is 0 Å². The van der Waals surface area contributed by atoms with Crippen LogP contribution in [0.25, 0.3) is 0 Å². The quantitative estimate of drug-likeness (QED) is 0.629. The summed E-state index contributed by atoms with van der Waals surface area (Å²) in [7, 11) is 0. The molecule has 1 fully saturated rings. The van der Waals surface area contributed by atoms with Gasteiger partial charge in [0.1, 0.15) is 0 Å². The summed E-state index contributed by atoms with van der Waals surface area (Å²) in [6, 6.07) is 9.54. The van der Waals surface area contributed by atoms with Crippen LogP contribution < -0.4 is 16.0 Å². The van der Waals surface area contributed by atoms with Gasteiger partial charge in [0.15, 0.2) is 0 Å². The molecule has 1 atom stereocenters. The number of hydrogen-bond donors (Lipinski definition) is 3. The lowest BCUT2D eigenvalue weighted by Crippen LogP contribution is -2.44. The fourth-order valence-corrected chi connectivity index (χ4v) is 3.48. The summed E-state index contributed by atoms with van der Waals surface area (Å²) in [6.45, 7) is 3.33. The first-order valence-corrected chi connectivity index (χ1v) is 10.1. The predicted molar refractivity (Wildman–Crippen MR) is 114 cm³/mol. The zero-order valence-corrected chi connectivity index (χ0v) is 17.4. The number of aromatic nitrogens is 1. The molecule has 1 aliphatic rings. The lowest BCUT2D eigenvalue weighted by molar-refractivity contribution is -0.127. The molecule has 2 aromatic rings. The number of amides is 4. The molecule has 0 unspecified atom stereocenters. The van der Waals surface area contributed by atoms with Crippen LogP contribution in [0.3, 0.4) is 0 Å². The van der Waals surface area contributed by atoms with Gasteiger partial charge in [-0.25, -0.2) is 4.79 Å². The molecule has 1 aromatic carbocycles. The minimum absolute atomic E-state index is 0.118. The van der Waals surface area contributed by atoms with E-state index in [1.54, 1.807) is 29.3 Å². The predicted octanol–water partition coefficient (Wildman–Crippen LogP) is 2.80. The summed E-state index contributed by atoms with van der Waals surface area (Å²) in [5, 5.41) is 8.48. The van der Waals surface area contributed by atoms with Gasteiger partial charge in [0, 0.05) is 37.4 Å². The molecule has 9 heteroatoms. The molecule has 0 spiro atoms. The third-order valence-corrected chi connectivity index (χ3v) is 4.98. The highest BCUT2D eigenvalue weighted by Gasteiger charge is 2.22.